The van der Waals surface area contributed by atoms with Gasteiger partial charge in [0.1, 0.15) is 5.54 Å². The van der Waals surface area contributed by atoms with Gasteiger partial charge >= 0.3 is 6.03 Å². The van der Waals surface area contributed by atoms with Gasteiger partial charge in [0.25, 0.3) is 5.91 Å². The highest BCUT2D eigenvalue weighted by Crippen LogP contribution is 2.29. The molecule has 1 saturated heterocycles. The van der Waals surface area contributed by atoms with Crippen molar-refractivity contribution in [3.05, 3.63) is 65.2 Å². The van der Waals surface area contributed by atoms with Crippen LogP contribution in [-0.2, 0) is 28.0 Å². The van der Waals surface area contributed by atoms with Crippen LogP contribution in [0.3, 0.4) is 0 Å². The van der Waals surface area contributed by atoms with Gasteiger partial charge in [-0.1, -0.05) is 36.4 Å². The highest BCUT2D eigenvalue weighted by atomic mass is 32.2. The number of amides is 4. The number of aryl methyl sites for hydroxylation is 2. The first-order valence-electron chi connectivity index (χ1n) is 9.24. The molecule has 0 radical (unpaired) electrons. The highest BCUT2D eigenvalue weighted by molar-refractivity contribution is 8.00. The molecular weight excluding hydrogens is 374 g/mol. The minimum atomic E-state index is -1.20. The van der Waals surface area contributed by atoms with Crippen molar-refractivity contribution in [3.8, 4) is 0 Å². The van der Waals surface area contributed by atoms with Crippen molar-refractivity contribution in [2.45, 2.75) is 36.6 Å². The van der Waals surface area contributed by atoms with E-state index in [9.17, 15) is 14.4 Å². The monoisotopic (exact) mass is 395 g/mol. The minimum absolute atomic E-state index is 0.123. The quantitative estimate of drug-likeness (QED) is 0.603. The van der Waals surface area contributed by atoms with Gasteiger partial charge in [-0.05, 0) is 55.0 Å². The van der Waals surface area contributed by atoms with Gasteiger partial charge in [-0.3, -0.25) is 15.0 Å². The maximum atomic E-state index is 12.8. The van der Waals surface area contributed by atoms with Crippen molar-refractivity contribution in [1.82, 2.24) is 15.8 Å². The Balaban J connectivity index is 1.39. The van der Waals surface area contributed by atoms with Gasteiger partial charge in [0, 0.05) is 4.90 Å². The second kappa shape index (κ2) is 7.31. The molecule has 1 aliphatic carbocycles. The Kier molecular flexibility index (Phi) is 4.85. The lowest BCUT2D eigenvalue weighted by Crippen LogP contribution is -2.48. The summed E-state index contributed by atoms with van der Waals surface area (Å²) in [6.07, 6.45) is 3.37. The number of nitrogens with zero attached hydrogens (tertiary/aromatic N) is 1. The first-order valence-corrected chi connectivity index (χ1v) is 10.2. The van der Waals surface area contributed by atoms with Crippen LogP contribution in [0.15, 0.2) is 53.4 Å². The van der Waals surface area contributed by atoms with Crippen molar-refractivity contribution in [2.24, 2.45) is 0 Å². The summed E-state index contributed by atoms with van der Waals surface area (Å²) in [4.78, 5) is 38.4. The second-order valence-corrected chi connectivity index (χ2v) is 8.22. The number of hydrogen-bond acceptors (Lipinski definition) is 4. The highest BCUT2D eigenvalue weighted by Gasteiger charge is 2.49. The van der Waals surface area contributed by atoms with Crippen LogP contribution in [-0.4, -0.2) is 28.6 Å². The van der Waals surface area contributed by atoms with Gasteiger partial charge in [-0.2, -0.15) is 5.01 Å². The molecule has 1 atom stereocenters. The zero-order valence-electron chi connectivity index (χ0n) is 15.5. The van der Waals surface area contributed by atoms with Crippen LogP contribution in [0.2, 0.25) is 0 Å². The SMILES string of the molecule is CC1(c2ccccc2)NC(=O)N(NC(=O)CSc2ccc3c(c2)CCC3)C1=O. The standard InChI is InChI=1S/C21H21N3O3S/c1-21(16-8-3-2-4-9-16)19(26)24(20(27)22-21)23-18(25)13-28-17-11-10-14-6-5-7-15(14)12-17/h2-4,8-12H,5-7,13H2,1H3,(H,22,27)(H,23,25). The Morgan fingerprint density at radius 3 is 2.68 bits per heavy atom. The number of urea groups is 1. The van der Waals surface area contributed by atoms with Crippen molar-refractivity contribution >= 4 is 29.6 Å². The van der Waals surface area contributed by atoms with Gasteiger partial charge in [-0.15, -0.1) is 11.8 Å². The summed E-state index contributed by atoms with van der Waals surface area (Å²) in [5.74, 6) is -0.774. The van der Waals surface area contributed by atoms with E-state index >= 15 is 0 Å². The number of hydrogen-bond donors (Lipinski definition) is 2. The molecule has 144 valence electrons. The van der Waals surface area contributed by atoms with E-state index < -0.39 is 23.4 Å². The molecule has 1 heterocycles. The second-order valence-electron chi connectivity index (χ2n) is 7.17. The number of thioether (sulfide) groups is 1. The van der Waals surface area contributed by atoms with E-state index in [2.05, 4.69) is 22.9 Å². The molecule has 0 aromatic heterocycles. The molecule has 1 unspecified atom stereocenters. The average Bonchev–Trinajstić information content (AvgIpc) is 3.25. The fourth-order valence-electron chi connectivity index (χ4n) is 3.65. The molecule has 0 bridgehead atoms. The van der Waals surface area contributed by atoms with Gasteiger partial charge in [-0.25, -0.2) is 4.79 Å². The van der Waals surface area contributed by atoms with Gasteiger partial charge < -0.3 is 5.32 Å². The maximum Gasteiger partial charge on any atom is 0.344 e. The van der Waals surface area contributed by atoms with Crippen LogP contribution >= 0.6 is 11.8 Å². The lowest BCUT2D eigenvalue weighted by Gasteiger charge is -2.22. The Morgan fingerprint density at radius 1 is 1.14 bits per heavy atom. The Morgan fingerprint density at radius 2 is 1.89 bits per heavy atom. The number of benzene rings is 2. The molecule has 2 aliphatic rings. The maximum absolute atomic E-state index is 12.8. The average molecular weight is 395 g/mol. The Hall–Kier alpha value is -2.80. The van der Waals surface area contributed by atoms with Gasteiger partial charge in [0.15, 0.2) is 0 Å². The smallest absolute Gasteiger partial charge is 0.318 e. The first-order chi connectivity index (χ1) is 13.5. The molecule has 7 heteroatoms. The summed E-state index contributed by atoms with van der Waals surface area (Å²) in [5.41, 5.74) is 4.63. The third-order valence-electron chi connectivity index (χ3n) is 5.22. The zero-order valence-corrected chi connectivity index (χ0v) is 16.3. The van der Waals surface area contributed by atoms with Crippen LogP contribution in [0, 0.1) is 0 Å². The van der Waals surface area contributed by atoms with Crippen LogP contribution in [0.25, 0.3) is 0 Å². The number of fused-ring (bicyclic) bond motifs is 1. The summed E-state index contributed by atoms with van der Waals surface area (Å²) in [5, 5.41) is 3.45. The Bertz CT molecular complexity index is 947. The fraction of sp³-hybridized carbons (Fsp3) is 0.286. The number of rotatable bonds is 5. The van der Waals surface area contributed by atoms with Crippen LogP contribution in [0.1, 0.15) is 30.0 Å². The normalized spacial score (nSPS) is 20.8. The minimum Gasteiger partial charge on any atom is -0.318 e. The van der Waals surface area contributed by atoms with E-state index in [1.54, 1.807) is 31.2 Å². The van der Waals surface area contributed by atoms with Gasteiger partial charge in [0.2, 0.25) is 5.91 Å². The summed E-state index contributed by atoms with van der Waals surface area (Å²) in [7, 11) is 0. The molecule has 2 aromatic carbocycles. The van der Waals surface area contributed by atoms with E-state index in [1.165, 1.54) is 29.3 Å². The van der Waals surface area contributed by atoms with E-state index in [1.807, 2.05) is 12.1 Å². The molecule has 2 N–H and O–H groups in total. The molecule has 4 rings (SSSR count). The third kappa shape index (κ3) is 3.38. The van der Waals surface area contributed by atoms with Crippen LogP contribution in [0.4, 0.5) is 4.79 Å². The topological polar surface area (TPSA) is 78.5 Å². The lowest BCUT2D eigenvalue weighted by molar-refractivity contribution is -0.138. The largest absolute Gasteiger partial charge is 0.344 e. The van der Waals surface area contributed by atoms with Crippen molar-refractivity contribution in [1.29, 1.82) is 0 Å². The molecule has 1 fully saturated rings. The molecule has 1 aliphatic heterocycles. The zero-order chi connectivity index (χ0) is 19.7. The number of hydrazine groups is 1. The Labute approximate surface area is 167 Å². The summed E-state index contributed by atoms with van der Waals surface area (Å²) < 4.78 is 0. The molecule has 6 nitrogen and oxygen atoms in total. The first kappa shape index (κ1) is 18.6. The molecule has 4 amide bonds. The number of carbonyl (C=O) groups excluding carboxylic acids is 3. The summed E-state index contributed by atoms with van der Waals surface area (Å²) in [6, 6.07) is 14.6. The van der Waals surface area contributed by atoms with Gasteiger partial charge in [0.05, 0.1) is 5.75 Å². The molecule has 0 saturated carbocycles. The van der Waals surface area contributed by atoms with E-state index in [4.69, 9.17) is 0 Å². The number of carbonyl (C=O) groups is 3. The van der Waals surface area contributed by atoms with Crippen molar-refractivity contribution in [2.75, 3.05) is 5.75 Å². The number of imide groups is 1. The van der Waals surface area contributed by atoms with E-state index in [0.29, 0.717) is 5.56 Å². The predicted molar refractivity (Wildman–Crippen MR) is 107 cm³/mol. The molecule has 0 spiro atoms. The summed E-state index contributed by atoms with van der Waals surface area (Å²) >= 11 is 1.39. The van der Waals surface area contributed by atoms with Crippen LogP contribution < -0.4 is 10.7 Å². The summed E-state index contributed by atoms with van der Waals surface area (Å²) in [6.45, 7) is 1.63. The van der Waals surface area contributed by atoms with Crippen molar-refractivity contribution < 1.29 is 14.4 Å². The molecular formula is C21H21N3O3S. The van der Waals surface area contributed by atoms with Crippen LogP contribution in [0.5, 0.6) is 0 Å². The third-order valence-corrected chi connectivity index (χ3v) is 6.21. The van der Waals surface area contributed by atoms with Crippen molar-refractivity contribution in [3.63, 3.8) is 0 Å². The lowest BCUT2D eigenvalue weighted by atomic mass is 9.92. The fourth-order valence-corrected chi connectivity index (χ4v) is 4.40. The molecule has 28 heavy (non-hydrogen) atoms. The van der Waals surface area contributed by atoms with E-state index in [-0.39, 0.29) is 5.75 Å². The van der Waals surface area contributed by atoms with E-state index in [0.717, 1.165) is 22.7 Å². The molecule has 2 aromatic rings. The number of nitrogens with one attached hydrogen (secondary N) is 2. The predicted octanol–water partition coefficient (Wildman–Crippen LogP) is 2.77.